The van der Waals surface area contributed by atoms with Crippen molar-refractivity contribution in [3.63, 3.8) is 0 Å². The summed E-state index contributed by atoms with van der Waals surface area (Å²) in [5.74, 6) is -3.04. The van der Waals surface area contributed by atoms with Crippen molar-refractivity contribution in [3.8, 4) is 12.3 Å². The normalized spacial score (nSPS) is 26.9. The van der Waals surface area contributed by atoms with Gasteiger partial charge in [0.25, 0.3) is 11.7 Å². The van der Waals surface area contributed by atoms with Gasteiger partial charge in [0.2, 0.25) is 5.91 Å². The van der Waals surface area contributed by atoms with E-state index >= 15 is 0 Å². The molecule has 1 fully saturated rings. The van der Waals surface area contributed by atoms with E-state index < -0.39 is 73.6 Å². The molecule has 5 unspecified atom stereocenters. The van der Waals surface area contributed by atoms with Crippen LogP contribution in [0.5, 0.6) is 0 Å². The van der Waals surface area contributed by atoms with Crippen LogP contribution in [-0.2, 0) is 19.1 Å². The molecule has 6 atom stereocenters. The maximum Gasteiger partial charge on any atom is 0.364 e. The number of benzene rings is 1. The summed E-state index contributed by atoms with van der Waals surface area (Å²) in [6.07, 6.45) is -2.08. The smallest absolute Gasteiger partial charge is 0.364 e. The highest BCUT2D eigenvalue weighted by Gasteiger charge is 2.55. The number of ether oxygens (including phenoxy) is 2. The largest absolute Gasteiger partial charge is 0.477 e. The number of terminal acetylenes is 1. The minimum atomic E-state index is -2.42. The van der Waals surface area contributed by atoms with Gasteiger partial charge in [-0.2, -0.15) is 0 Å². The third kappa shape index (κ3) is 6.03. The van der Waals surface area contributed by atoms with Crippen molar-refractivity contribution in [1.82, 2.24) is 10.6 Å². The van der Waals surface area contributed by atoms with E-state index in [0.29, 0.717) is 5.56 Å². The van der Waals surface area contributed by atoms with Crippen molar-refractivity contribution >= 4 is 17.8 Å². The first kappa shape index (κ1) is 25.3. The van der Waals surface area contributed by atoms with Gasteiger partial charge in [0.05, 0.1) is 18.2 Å². The number of nitrogens with one attached hydrogen (secondary N) is 2. The van der Waals surface area contributed by atoms with Gasteiger partial charge in [-0.15, -0.1) is 6.42 Å². The zero-order chi connectivity index (χ0) is 23.9. The maximum absolute atomic E-state index is 12.2. The van der Waals surface area contributed by atoms with Crippen molar-refractivity contribution < 1.29 is 44.3 Å². The topological polar surface area (TPSA) is 175 Å². The fourth-order valence-corrected chi connectivity index (χ4v) is 3.34. The van der Waals surface area contributed by atoms with Crippen LogP contribution in [0.15, 0.2) is 30.3 Å². The molecule has 174 valence electrons. The number of amides is 2. The Morgan fingerprint density at radius 1 is 1.31 bits per heavy atom. The van der Waals surface area contributed by atoms with E-state index in [1.165, 1.54) is 0 Å². The fourth-order valence-electron chi connectivity index (χ4n) is 3.34. The predicted octanol–water partition coefficient (Wildman–Crippen LogP) is -1.78. The second kappa shape index (κ2) is 11.0. The highest BCUT2D eigenvalue weighted by Crippen LogP contribution is 2.33. The number of carbonyl (C=O) groups excluding carboxylic acids is 2. The number of hydrogen-bond acceptors (Lipinski definition) is 8. The van der Waals surface area contributed by atoms with Crippen LogP contribution in [0.3, 0.4) is 0 Å². The molecule has 1 aromatic carbocycles. The molecule has 0 saturated carbocycles. The highest BCUT2D eigenvalue weighted by molar-refractivity contribution is 5.94. The third-order valence-electron chi connectivity index (χ3n) is 4.90. The van der Waals surface area contributed by atoms with Gasteiger partial charge in [-0.25, -0.2) is 4.79 Å². The lowest BCUT2D eigenvalue weighted by Crippen LogP contribution is -2.68. The van der Waals surface area contributed by atoms with E-state index in [1.807, 2.05) is 0 Å². The molecule has 11 nitrogen and oxygen atoms in total. The summed E-state index contributed by atoms with van der Waals surface area (Å²) in [5.41, 5.74) is 0.322. The fraction of sp³-hybridized carbons (Fsp3) is 0.476. The van der Waals surface area contributed by atoms with Crippen molar-refractivity contribution in [2.24, 2.45) is 0 Å². The minimum Gasteiger partial charge on any atom is -0.477 e. The molecule has 0 spiro atoms. The second-order valence-corrected chi connectivity index (χ2v) is 7.27. The van der Waals surface area contributed by atoms with Crippen LogP contribution in [-0.4, -0.2) is 87.6 Å². The van der Waals surface area contributed by atoms with Crippen LogP contribution in [0.4, 0.5) is 0 Å². The SMILES string of the molecule is C#CCOC1(C(=O)O)CC(O)C(NC(C)=O)[C@@H](C(O)C(O)CNC(=O)c2ccccc2)O1. The lowest BCUT2D eigenvalue weighted by molar-refractivity contribution is -0.307. The Morgan fingerprint density at radius 2 is 1.97 bits per heavy atom. The maximum atomic E-state index is 12.2. The lowest BCUT2D eigenvalue weighted by atomic mass is 9.88. The molecule has 0 radical (unpaired) electrons. The monoisotopic (exact) mass is 450 g/mol. The molecule has 0 aliphatic carbocycles. The van der Waals surface area contributed by atoms with Gasteiger partial charge < -0.3 is 40.5 Å². The number of aliphatic hydroxyl groups is 3. The van der Waals surface area contributed by atoms with Gasteiger partial charge in [-0.05, 0) is 12.1 Å². The first-order valence-corrected chi connectivity index (χ1v) is 9.74. The number of rotatable bonds is 9. The predicted molar refractivity (Wildman–Crippen MR) is 109 cm³/mol. The Labute approximate surface area is 184 Å². The van der Waals surface area contributed by atoms with Gasteiger partial charge in [0.15, 0.2) is 0 Å². The summed E-state index contributed by atoms with van der Waals surface area (Å²) in [5, 5.41) is 46.1. The summed E-state index contributed by atoms with van der Waals surface area (Å²) in [7, 11) is 0. The summed E-state index contributed by atoms with van der Waals surface area (Å²) in [4.78, 5) is 35.6. The number of carboxylic acids is 1. The second-order valence-electron chi connectivity index (χ2n) is 7.27. The third-order valence-corrected chi connectivity index (χ3v) is 4.90. The Hall–Kier alpha value is -3.01. The summed E-state index contributed by atoms with van der Waals surface area (Å²) in [6.45, 7) is 0.256. The zero-order valence-corrected chi connectivity index (χ0v) is 17.3. The molecular weight excluding hydrogens is 424 g/mol. The average Bonchev–Trinajstić information content (AvgIpc) is 2.77. The van der Waals surface area contributed by atoms with E-state index in [4.69, 9.17) is 15.9 Å². The number of aliphatic carboxylic acids is 1. The highest BCUT2D eigenvalue weighted by atomic mass is 16.7. The van der Waals surface area contributed by atoms with E-state index in [2.05, 4.69) is 16.6 Å². The van der Waals surface area contributed by atoms with E-state index in [0.717, 1.165) is 6.92 Å². The summed E-state index contributed by atoms with van der Waals surface area (Å²) < 4.78 is 10.6. The number of carbonyl (C=O) groups is 3. The Bertz CT molecular complexity index is 857. The Kier molecular flexibility index (Phi) is 8.71. The number of hydrogen-bond donors (Lipinski definition) is 6. The molecule has 32 heavy (non-hydrogen) atoms. The first-order chi connectivity index (χ1) is 15.1. The van der Waals surface area contributed by atoms with Crippen LogP contribution >= 0.6 is 0 Å². The van der Waals surface area contributed by atoms with Crippen LogP contribution in [0.25, 0.3) is 0 Å². The molecule has 6 N–H and O–H groups in total. The molecule has 1 aromatic rings. The van der Waals surface area contributed by atoms with Crippen molar-refractivity contribution in [2.75, 3.05) is 13.2 Å². The average molecular weight is 450 g/mol. The van der Waals surface area contributed by atoms with Gasteiger partial charge >= 0.3 is 5.97 Å². The quantitative estimate of drug-likeness (QED) is 0.238. The minimum absolute atomic E-state index is 0.322. The molecule has 2 amide bonds. The van der Waals surface area contributed by atoms with Crippen LogP contribution in [0, 0.1) is 12.3 Å². The van der Waals surface area contributed by atoms with Crippen LogP contribution in [0.1, 0.15) is 23.7 Å². The molecule has 1 aliphatic heterocycles. The molecule has 11 heteroatoms. The molecule has 1 heterocycles. The van der Waals surface area contributed by atoms with Gasteiger partial charge in [0.1, 0.15) is 18.8 Å². The zero-order valence-electron chi connectivity index (χ0n) is 17.3. The number of carboxylic acid groups (broad SMARTS) is 1. The van der Waals surface area contributed by atoms with Crippen molar-refractivity contribution in [1.29, 1.82) is 0 Å². The Balaban J connectivity index is 2.20. The molecule has 1 aliphatic rings. The van der Waals surface area contributed by atoms with Crippen LogP contribution in [0.2, 0.25) is 0 Å². The van der Waals surface area contributed by atoms with Crippen LogP contribution < -0.4 is 10.6 Å². The van der Waals surface area contributed by atoms with Gasteiger partial charge in [-0.3, -0.25) is 9.59 Å². The summed E-state index contributed by atoms with van der Waals surface area (Å²) >= 11 is 0. The Morgan fingerprint density at radius 3 is 2.53 bits per heavy atom. The lowest BCUT2D eigenvalue weighted by Gasteiger charge is -2.46. The molecule has 2 rings (SSSR count). The molecular formula is C21H26N2O9. The van der Waals surface area contributed by atoms with E-state index in [1.54, 1.807) is 30.3 Å². The molecule has 1 saturated heterocycles. The van der Waals surface area contributed by atoms with E-state index in [9.17, 15) is 34.8 Å². The first-order valence-electron chi connectivity index (χ1n) is 9.74. The molecule has 0 bridgehead atoms. The summed E-state index contributed by atoms with van der Waals surface area (Å²) in [6, 6.07) is 6.85. The van der Waals surface area contributed by atoms with Gasteiger partial charge in [0, 0.05) is 25.5 Å². The van der Waals surface area contributed by atoms with Gasteiger partial charge in [-0.1, -0.05) is 24.1 Å². The van der Waals surface area contributed by atoms with E-state index in [-0.39, 0.29) is 0 Å². The van der Waals surface area contributed by atoms with Crippen molar-refractivity contribution in [3.05, 3.63) is 35.9 Å². The number of aliphatic hydroxyl groups excluding tert-OH is 3. The standard InChI is InChI=1S/C21H26N2O9/c1-3-9-31-21(20(29)30)10-14(25)16(23-12(2)24)18(32-21)17(27)15(26)11-22-19(28)13-7-5-4-6-8-13/h1,4-8,14-18,25-27H,9-11H2,2H3,(H,22,28)(H,23,24)(H,29,30)/t14?,15?,16?,17?,18-,21?/m0/s1. The molecule has 0 aromatic heterocycles. The van der Waals surface area contributed by atoms with Crippen molar-refractivity contribution in [2.45, 2.75) is 49.6 Å².